The normalized spacial score (nSPS) is 17.7. The predicted molar refractivity (Wildman–Crippen MR) is 92.9 cm³/mol. The molecule has 5 nitrogen and oxygen atoms in total. The lowest BCUT2D eigenvalue weighted by Crippen LogP contribution is -2.46. The number of methoxy groups -OCH3 is 1. The second-order valence-corrected chi connectivity index (χ2v) is 6.31. The van der Waals surface area contributed by atoms with Gasteiger partial charge in [-0.25, -0.2) is 0 Å². The molecule has 0 N–H and O–H groups in total. The van der Waals surface area contributed by atoms with Crippen molar-refractivity contribution in [2.24, 2.45) is 0 Å². The van der Waals surface area contributed by atoms with Crippen molar-refractivity contribution in [3.63, 3.8) is 0 Å². The number of amides is 1. The van der Waals surface area contributed by atoms with Crippen LogP contribution in [0, 0.1) is 0 Å². The van der Waals surface area contributed by atoms with Gasteiger partial charge in [-0.3, -0.25) is 9.48 Å². The fraction of sp³-hybridized carbons (Fsp3) is 0.474. The molecule has 1 aliphatic rings. The molecule has 24 heavy (non-hydrogen) atoms. The Balaban J connectivity index is 1.57. The summed E-state index contributed by atoms with van der Waals surface area (Å²) in [5.41, 5.74) is 1.17. The lowest BCUT2D eigenvalue weighted by molar-refractivity contribution is -0.135. The van der Waals surface area contributed by atoms with E-state index in [4.69, 9.17) is 4.74 Å². The molecule has 1 aromatic heterocycles. The van der Waals surface area contributed by atoms with Gasteiger partial charge in [0.25, 0.3) is 0 Å². The molecule has 1 aliphatic heterocycles. The third kappa shape index (κ3) is 4.16. The van der Waals surface area contributed by atoms with E-state index in [2.05, 4.69) is 10.00 Å². The molecule has 0 saturated carbocycles. The zero-order chi connectivity index (χ0) is 16.8. The van der Waals surface area contributed by atoms with Crippen LogP contribution in [-0.4, -0.2) is 40.3 Å². The number of aromatic nitrogens is 2. The minimum Gasteiger partial charge on any atom is -0.497 e. The SMILES string of the molecule is COc1ccc(CCC(=O)N2CCCC[C@@H]2Cn2cccn2)cc1. The fourth-order valence-corrected chi connectivity index (χ4v) is 3.33. The Kier molecular flexibility index (Phi) is 5.51. The number of hydrogen-bond donors (Lipinski definition) is 0. The molecule has 1 atom stereocenters. The first kappa shape index (κ1) is 16.6. The van der Waals surface area contributed by atoms with Crippen LogP contribution in [0.25, 0.3) is 0 Å². The monoisotopic (exact) mass is 327 g/mol. The highest BCUT2D eigenvalue weighted by atomic mass is 16.5. The molecule has 0 aliphatic carbocycles. The van der Waals surface area contributed by atoms with Gasteiger partial charge in [0.1, 0.15) is 5.75 Å². The second kappa shape index (κ2) is 7.99. The highest BCUT2D eigenvalue weighted by molar-refractivity contribution is 5.77. The van der Waals surface area contributed by atoms with E-state index < -0.39 is 0 Å². The molecule has 2 heterocycles. The van der Waals surface area contributed by atoms with Crippen LogP contribution in [0.2, 0.25) is 0 Å². The van der Waals surface area contributed by atoms with Gasteiger partial charge in [0, 0.05) is 25.4 Å². The van der Waals surface area contributed by atoms with Crippen molar-refractivity contribution < 1.29 is 9.53 Å². The molecule has 1 amide bonds. The van der Waals surface area contributed by atoms with E-state index in [9.17, 15) is 4.79 Å². The zero-order valence-corrected chi connectivity index (χ0v) is 14.2. The number of nitrogens with zero attached hydrogens (tertiary/aromatic N) is 3. The Labute approximate surface area is 143 Å². The molecule has 0 radical (unpaired) electrons. The number of likely N-dealkylation sites (tertiary alicyclic amines) is 1. The summed E-state index contributed by atoms with van der Waals surface area (Å²) in [4.78, 5) is 14.8. The van der Waals surface area contributed by atoms with E-state index in [1.807, 2.05) is 41.2 Å². The van der Waals surface area contributed by atoms with Crippen LogP contribution >= 0.6 is 0 Å². The molecular formula is C19H25N3O2. The third-order valence-electron chi connectivity index (χ3n) is 4.69. The molecule has 0 bridgehead atoms. The smallest absolute Gasteiger partial charge is 0.223 e. The van der Waals surface area contributed by atoms with Crippen LogP contribution in [-0.2, 0) is 17.8 Å². The van der Waals surface area contributed by atoms with Gasteiger partial charge in [0.05, 0.1) is 19.7 Å². The minimum atomic E-state index is 0.252. The number of rotatable bonds is 6. The zero-order valence-electron chi connectivity index (χ0n) is 14.2. The molecule has 1 saturated heterocycles. The topological polar surface area (TPSA) is 47.4 Å². The van der Waals surface area contributed by atoms with Crippen LogP contribution in [0.5, 0.6) is 5.75 Å². The summed E-state index contributed by atoms with van der Waals surface area (Å²) >= 11 is 0. The summed E-state index contributed by atoms with van der Waals surface area (Å²) in [5, 5.41) is 4.28. The molecular weight excluding hydrogens is 302 g/mol. The van der Waals surface area contributed by atoms with Crippen molar-refractivity contribution in [3.05, 3.63) is 48.3 Å². The van der Waals surface area contributed by atoms with Crippen LogP contribution in [0.4, 0.5) is 0 Å². The van der Waals surface area contributed by atoms with Crippen molar-refractivity contribution in [3.8, 4) is 5.75 Å². The molecule has 128 valence electrons. The highest BCUT2D eigenvalue weighted by Crippen LogP contribution is 2.20. The number of benzene rings is 1. The Morgan fingerprint density at radius 2 is 2.12 bits per heavy atom. The molecule has 1 aromatic carbocycles. The third-order valence-corrected chi connectivity index (χ3v) is 4.69. The van der Waals surface area contributed by atoms with E-state index >= 15 is 0 Å². The van der Waals surface area contributed by atoms with Gasteiger partial charge in [-0.1, -0.05) is 12.1 Å². The first-order valence-corrected chi connectivity index (χ1v) is 8.66. The van der Waals surface area contributed by atoms with Gasteiger partial charge in [0.15, 0.2) is 0 Å². The Bertz CT molecular complexity index is 637. The van der Waals surface area contributed by atoms with Crippen molar-refractivity contribution in [2.45, 2.75) is 44.7 Å². The standard InChI is InChI=1S/C19H25N3O2/c1-24-18-9-6-16(7-10-18)8-11-19(23)22-14-3-2-5-17(22)15-21-13-4-12-20-21/h4,6-7,9-10,12-13,17H,2-3,5,8,11,14-15H2,1H3/t17-/m1/s1. The van der Waals surface area contributed by atoms with E-state index in [0.717, 1.165) is 38.1 Å². The van der Waals surface area contributed by atoms with Crippen molar-refractivity contribution in [2.75, 3.05) is 13.7 Å². The van der Waals surface area contributed by atoms with Gasteiger partial charge in [-0.05, 0) is 49.4 Å². The van der Waals surface area contributed by atoms with E-state index in [1.165, 1.54) is 12.0 Å². The average Bonchev–Trinajstić information content (AvgIpc) is 3.13. The van der Waals surface area contributed by atoms with Crippen LogP contribution in [0.15, 0.2) is 42.7 Å². The Hall–Kier alpha value is -2.30. The van der Waals surface area contributed by atoms with Gasteiger partial charge < -0.3 is 9.64 Å². The minimum absolute atomic E-state index is 0.252. The molecule has 0 unspecified atom stereocenters. The highest BCUT2D eigenvalue weighted by Gasteiger charge is 2.26. The summed E-state index contributed by atoms with van der Waals surface area (Å²) in [5.74, 6) is 1.10. The molecule has 2 aromatic rings. The lowest BCUT2D eigenvalue weighted by atomic mass is 10.0. The van der Waals surface area contributed by atoms with Gasteiger partial charge in [0.2, 0.25) is 5.91 Å². The van der Waals surface area contributed by atoms with Gasteiger partial charge in [-0.2, -0.15) is 5.10 Å². The number of hydrogen-bond acceptors (Lipinski definition) is 3. The Morgan fingerprint density at radius 1 is 1.29 bits per heavy atom. The average molecular weight is 327 g/mol. The maximum absolute atomic E-state index is 12.7. The van der Waals surface area contributed by atoms with E-state index in [1.54, 1.807) is 13.3 Å². The predicted octanol–water partition coefficient (Wildman–Crippen LogP) is 2.91. The summed E-state index contributed by atoms with van der Waals surface area (Å²) < 4.78 is 7.10. The van der Waals surface area contributed by atoms with Crippen molar-refractivity contribution in [1.82, 2.24) is 14.7 Å². The fourth-order valence-electron chi connectivity index (χ4n) is 3.33. The number of aryl methyl sites for hydroxylation is 1. The number of carbonyl (C=O) groups excluding carboxylic acids is 1. The molecule has 1 fully saturated rings. The molecule has 5 heteroatoms. The molecule has 3 rings (SSSR count). The van der Waals surface area contributed by atoms with E-state index in [-0.39, 0.29) is 11.9 Å². The largest absolute Gasteiger partial charge is 0.497 e. The first-order valence-electron chi connectivity index (χ1n) is 8.66. The maximum Gasteiger partial charge on any atom is 0.223 e. The summed E-state index contributed by atoms with van der Waals surface area (Å²) in [6.45, 7) is 1.66. The lowest BCUT2D eigenvalue weighted by Gasteiger charge is -2.36. The second-order valence-electron chi connectivity index (χ2n) is 6.31. The number of carbonyl (C=O) groups is 1. The summed E-state index contributed by atoms with van der Waals surface area (Å²) in [7, 11) is 1.66. The molecule has 0 spiro atoms. The van der Waals surface area contributed by atoms with Crippen LogP contribution in [0.1, 0.15) is 31.2 Å². The quantitative estimate of drug-likeness (QED) is 0.819. The maximum atomic E-state index is 12.7. The Morgan fingerprint density at radius 3 is 2.83 bits per heavy atom. The summed E-state index contributed by atoms with van der Waals surface area (Å²) in [6, 6.07) is 10.1. The number of ether oxygens (including phenoxy) is 1. The van der Waals surface area contributed by atoms with Crippen LogP contribution < -0.4 is 4.74 Å². The van der Waals surface area contributed by atoms with Crippen molar-refractivity contribution in [1.29, 1.82) is 0 Å². The summed E-state index contributed by atoms with van der Waals surface area (Å²) in [6.07, 6.45) is 8.44. The van der Waals surface area contributed by atoms with Gasteiger partial charge >= 0.3 is 0 Å². The van der Waals surface area contributed by atoms with Crippen LogP contribution in [0.3, 0.4) is 0 Å². The van der Waals surface area contributed by atoms with Gasteiger partial charge in [-0.15, -0.1) is 0 Å². The number of piperidine rings is 1. The van der Waals surface area contributed by atoms with E-state index in [0.29, 0.717) is 6.42 Å². The first-order chi connectivity index (χ1) is 11.8. The van der Waals surface area contributed by atoms with Crippen molar-refractivity contribution >= 4 is 5.91 Å².